The zero-order valence-electron chi connectivity index (χ0n) is 12.1. The molecule has 0 N–H and O–H groups in total. The molecule has 0 spiro atoms. The second kappa shape index (κ2) is 5.01. The van der Waals surface area contributed by atoms with Gasteiger partial charge in [-0.15, -0.1) is 0 Å². The summed E-state index contributed by atoms with van der Waals surface area (Å²) in [6.07, 6.45) is 7.47. The van der Waals surface area contributed by atoms with Crippen molar-refractivity contribution in [2.45, 2.75) is 53.6 Å². The first kappa shape index (κ1) is 12.9. The molecule has 0 aliphatic carbocycles. The van der Waals surface area contributed by atoms with Gasteiger partial charge in [-0.1, -0.05) is 12.5 Å². The lowest BCUT2D eigenvalue weighted by atomic mass is 10.1. The Morgan fingerprint density at radius 1 is 1.33 bits per heavy atom. The molecule has 2 heterocycles. The molecule has 0 saturated heterocycles. The third-order valence-corrected chi connectivity index (χ3v) is 3.25. The molecule has 3 heteroatoms. The van der Waals surface area contributed by atoms with Gasteiger partial charge in [0.05, 0.1) is 17.7 Å². The van der Waals surface area contributed by atoms with E-state index in [-0.39, 0.29) is 0 Å². The molecule has 3 nitrogen and oxygen atoms in total. The Morgan fingerprint density at radius 3 is 2.61 bits per heavy atom. The number of hydrogen-bond donors (Lipinski definition) is 0. The number of aryl methyl sites for hydroxylation is 1. The minimum absolute atomic E-state index is 0.454. The number of aromatic nitrogens is 2. The van der Waals surface area contributed by atoms with E-state index in [2.05, 4.69) is 61.3 Å². The van der Waals surface area contributed by atoms with E-state index in [0.29, 0.717) is 6.04 Å². The Labute approximate surface area is 110 Å². The van der Waals surface area contributed by atoms with E-state index in [0.717, 1.165) is 18.7 Å². The highest BCUT2D eigenvalue weighted by Crippen LogP contribution is 2.32. The van der Waals surface area contributed by atoms with Crippen LogP contribution in [-0.2, 0) is 6.54 Å². The summed E-state index contributed by atoms with van der Waals surface area (Å²) in [5.41, 5.74) is 4.94. The van der Waals surface area contributed by atoms with Crippen molar-refractivity contribution in [2.75, 3.05) is 0 Å². The fourth-order valence-corrected chi connectivity index (χ4v) is 2.44. The summed E-state index contributed by atoms with van der Waals surface area (Å²) >= 11 is 0. The number of fused-ring (bicyclic) bond motifs is 1. The van der Waals surface area contributed by atoms with Crippen LogP contribution in [0.5, 0.6) is 0 Å². The third-order valence-electron chi connectivity index (χ3n) is 3.25. The number of rotatable bonds is 3. The normalized spacial score (nSPS) is 14.3. The molecule has 2 rings (SSSR count). The van der Waals surface area contributed by atoms with Crippen LogP contribution in [0.25, 0.3) is 11.8 Å². The molecule has 0 aromatic carbocycles. The van der Waals surface area contributed by atoms with Crippen LogP contribution in [0.2, 0.25) is 0 Å². The zero-order chi connectivity index (χ0) is 13.3. The smallest absolute Gasteiger partial charge is 0.112 e. The lowest BCUT2D eigenvalue weighted by Gasteiger charge is -2.31. The molecule has 0 bridgehead atoms. The molecular weight excluding hydrogens is 222 g/mol. The summed E-state index contributed by atoms with van der Waals surface area (Å²) in [5.74, 6) is 0. The summed E-state index contributed by atoms with van der Waals surface area (Å²) < 4.78 is 2.24. The number of hydrogen-bond acceptors (Lipinski definition) is 2. The van der Waals surface area contributed by atoms with Crippen LogP contribution >= 0.6 is 0 Å². The number of imidazole rings is 1. The SMILES string of the molecule is CCCn1cnc2c1C=CN(C(C)C)C2=C(C)C. The van der Waals surface area contributed by atoms with Crippen molar-refractivity contribution in [3.63, 3.8) is 0 Å². The van der Waals surface area contributed by atoms with Crippen molar-refractivity contribution in [2.24, 2.45) is 0 Å². The molecule has 1 aliphatic heterocycles. The first-order valence-corrected chi connectivity index (χ1v) is 6.75. The Kier molecular flexibility index (Phi) is 3.60. The zero-order valence-corrected chi connectivity index (χ0v) is 12.1. The van der Waals surface area contributed by atoms with E-state index >= 15 is 0 Å². The standard InChI is InChI=1S/C15H23N3/c1-6-8-17-10-16-14-13(17)7-9-18(12(4)5)15(14)11(2)3/h7,9-10,12H,6,8H2,1-5H3. The van der Waals surface area contributed by atoms with Gasteiger partial charge < -0.3 is 9.47 Å². The van der Waals surface area contributed by atoms with Gasteiger partial charge >= 0.3 is 0 Å². The van der Waals surface area contributed by atoms with Gasteiger partial charge in [-0.05, 0) is 40.2 Å². The number of nitrogens with zero attached hydrogens (tertiary/aromatic N) is 3. The van der Waals surface area contributed by atoms with Crippen molar-refractivity contribution >= 4 is 11.8 Å². The molecule has 1 aromatic heterocycles. The lowest BCUT2D eigenvalue weighted by Crippen LogP contribution is -2.27. The summed E-state index contributed by atoms with van der Waals surface area (Å²) in [6.45, 7) is 12.0. The van der Waals surface area contributed by atoms with Crippen LogP contribution in [0.3, 0.4) is 0 Å². The molecule has 0 atom stereocenters. The minimum atomic E-state index is 0.454. The largest absolute Gasteiger partial charge is 0.344 e. The summed E-state index contributed by atoms with van der Waals surface area (Å²) in [4.78, 5) is 6.93. The molecule has 18 heavy (non-hydrogen) atoms. The quantitative estimate of drug-likeness (QED) is 0.809. The first-order chi connectivity index (χ1) is 8.56. The Morgan fingerprint density at radius 2 is 2.06 bits per heavy atom. The van der Waals surface area contributed by atoms with Gasteiger partial charge in [-0.3, -0.25) is 0 Å². The van der Waals surface area contributed by atoms with Gasteiger partial charge in [0, 0.05) is 18.8 Å². The van der Waals surface area contributed by atoms with Gasteiger partial charge in [0.25, 0.3) is 0 Å². The molecule has 98 valence electrons. The molecule has 0 unspecified atom stereocenters. The van der Waals surface area contributed by atoms with E-state index < -0.39 is 0 Å². The van der Waals surface area contributed by atoms with Crippen molar-refractivity contribution in [3.8, 4) is 0 Å². The fraction of sp³-hybridized carbons (Fsp3) is 0.533. The van der Waals surface area contributed by atoms with E-state index in [4.69, 9.17) is 0 Å². The van der Waals surface area contributed by atoms with Crippen molar-refractivity contribution in [3.05, 3.63) is 29.5 Å². The van der Waals surface area contributed by atoms with Crippen LogP contribution < -0.4 is 0 Å². The summed E-state index contributed by atoms with van der Waals surface area (Å²) in [5, 5.41) is 0. The van der Waals surface area contributed by atoms with E-state index in [1.165, 1.54) is 17.0 Å². The molecule has 0 fully saturated rings. The predicted molar refractivity (Wildman–Crippen MR) is 76.8 cm³/mol. The maximum Gasteiger partial charge on any atom is 0.112 e. The van der Waals surface area contributed by atoms with E-state index in [1.54, 1.807) is 0 Å². The van der Waals surface area contributed by atoms with E-state index in [9.17, 15) is 0 Å². The van der Waals surface area contributed by atoms with Crippen LogP contribution in [-0.4, -0.2) is 20.5 Å². The van der Waals surface area contributed by atoms with Gasteiger partial charge in [0.15, 0.2) is 0 Å². The van der Waals surface area contributed by atoms with Crippen molar-refractivity contribution < 1.29 is 0 Å². The van der Waals surface area contributed by atoms with E-state index in [1.807, 2.05) is 6.33 Å². The second-order valence-corrected chi connectivity index (χ2v) is 5.34. The molecule has 1 aromatic rings. The Bertz CT molecular complexity index is 488. The van der Waals surface area contributed by atoms with Crippen LogP contribution in [0.4, 0.5) is 0 Å². The molecule has 1 aliphatic rings. The number of allylic oxidation sites excluding steroid dienone is 1. The average molecular weight is 245 g/mol. The fourth-order valence-electron chi connectivity index (χ4n) is 2.44. The molecular formula is C15H23N3. The second-order valence-electron chi connectivity index (χ2n) is 5.34. The maximum atomic E-state index is 4.62. The van der Waals surface area contributed by atoms with Crippen molar-refractivity contribution in [1.29, 1.82) is 0 Å². The highest BCUT2D eigenvalue weighted by Gasteiger charge is 2.23. The summed E-state index contributed by atoms with van der Waals surface area (Å²) in [7, 11) is 0. The summed E-state index contributed by atoms with van der Waals surface area (Å²) in [6, 6.07) is 0.454. The monoisotopic (exact) mass is 245 g/mol. The van der Waals surface area contributed by atoms with Gasteiger partial charge in [-0.2, -0.15) is 0 Å². The predicted octanol–water partition coefficient (Wildman–Crippen LogP) is 3.74. The van der Waals surface area contributed by atoms with Crippen LogP contribution in [0, 0.1) is 0 Å². The average Bonchev–Trinajstić information content (AvgIpc) is 2.71. The Balaban J connectivity index is 2.52. The van der Waals surface area contributed by atoms with Crippen molar-refractivity contribution in [1.82, 2.24) is 14.5 Å². The Hall–Kier alpha value is -1.51. The third kappa shape index (κ3) is 2.09. The first-order valence-electron chi connectivity index (χ1n) is 6.75. The topological polar surface area (TPSA) is 21.1 Å². The lowest BCUT2D eigenvalue weighted by molar-refractivity contribution is 0.433. The molecule has 0 radical (unpaired) electrons. The van der Waals surface area contributed by atoms with Gasteiger partial charge in [0.1, 0.15) is 5.69 Å². The minimum Gasteiger partial charge on any atom is -0.344 e. The maximum absolute atomic E-state index is 4.62. The van der Waals surface area contributed by atoms with Gasteiger partial charge in [-0.25, -0.2) is 4.98 Å². The molecule has 0 saturated carbocycles. The van der Waals surface area contributed by atoms with Crippen LogP contribution in [0.15, 0.2) is 18.1 Å². The highest BCUT2D eigenvalue weighted by atomic mass is 15.2. The van der Waals surface area contributed by atoms with Crippen LogP contribution in [0.1, 0.15) is 52.4 Å². The highest BCUT2D eigenvalue weighted by molar-refractivity contribution is 5.75. The molecule has 0 amide bonds. The van der Waals surface area contributed by atoms with Gasteiger partial charge in [0.2, 0.25) is 0 Å².